The Morgan fingerprint density at radius 2 is 1.72 bits per heavy atom. The van der Waals surface area contributed by atoms with Crippen LogP contribution in [0.4, 0.5) is 11.4 Å². The van der Waals surface area contributed by atoms with Gasteiger partial charge in [-0.25, -0.2) is 4.98 Å². The van der Waals surface area contributed by atoms with Crippen molar-refractivity contribution in [1.29, 1.82) is 0 Å². The molecule has 4 aromatic rings. The van der Waals surface area contributed by atoms with Gasteiger partial charge in [0.15, 0.2) is 0 Å². The van der Waals surface area contributed by atoms with Gasteiger partial charge in [0.05, 0.1) is 30.3 Å². The maximum absolute atomic E-state index is 12.9. The summed E-state index contributed by atoms with van der Waals surface area (Å²) in [4.78, 5) is 34.3. The van der Waals surface area contributed by atoms with E-state index in [0.717, 1.165) is 18.8 Å². The predicted molar refractivity (Wildman–Crippen MR) is 148 cm³/mol. The van der Waals surface area contributed by atoms with Crippen molar-refractivity contribution in [2.24, 2.45) is 5.11 Å². The number of anilines is 2. The van der Waals surface area contributed by atoms with Gasteiger partial charge in [0.1, 0.15) is 5.82 Å². The normalized spacial score (nSPS) is 13.7. The van der Waals surface area contributed by atoms with Gasteiger partial charge in [0.2, 0.25) is 5.91 Å². The highest BCUT2D eigenvalue weighted by Gasteiger charge is 2.18. The fourth-order valence-corrected chi connectivity index (χ4v) is 4.74. The number of nitrogens with one attached hydrogen (secondary N) is 1. The Balaban J connectivity index is 1.42. The van der Waals surface area contributed by atoms with E-state index in [4.69, 9.17) is 10.5 Å². The molecule has 198 valence electrons. The minimum atomic E-state index is -1.02. The first kappa shape index (κ1) is 25.9. The van der Waals surface area contributed by atoms with Gasteiger partial charge in [0.25, 0.3) is 5.91 Å². The van der Waals surface area contributed by atoms with Gasteiger partial charge < -0.3 is 25.0 Å². The second-order valence-corrected chi connectivity index (χ2v) is 9.35. The van der Waals surface area contributed by atoms with Crippen molar-refractivity contribution < 1.29 is 19.8 Å². The van der Waals surface area contributed by atoms with Gasteiger partial charge in [-0.2, -0.15) is 0 Å². The average molecular weight is 526 g/mol. The van der Waals surface area contributed by atoms with Crippen LogP contribution in [0.15, 0.2) is 71.8 Å². The molecule has 1 saturated heterocycles. The van der Waals surface area contributed by atoms with E-state index in [1.54, 1.807) is 34.9 Å². The van der Waals surface area contributed by atoms with Crippen LogP contribution in [0, 0.1) is 0 Å². The Hall–Kier alpha value is -4.70. The molecule has 39 heavy (non-hydrogen) atoms. The molecule has 0 aliphatic carbocycles. The Labute approximate surface area is 223 Å². The second-order valence-electron chi connectivity index (χ2n) is 9.35. The van der Waals surface area contributed by atoms with E-state index in [9.17, 15) is 19.8 Å². The number of amides is 2. The van der Waals surface area contributed by atoms with Gasteiger partial charge in [-0.05, 0) is 66.0 Å². The predicted octanol–water partition coefficient (Wildman–Crippen LogP) is 4.36. The first-order valence-electron chi connectivity index (χ1n) is 12.6. The molecule has 3 aromatic carbocycles. The molecule has 0 bridgehead atoms. The summed E-state index contributed by atoms with van der Waals surface area (Å²) in [5.41, 5.74) is 12.9. The van der Waals surface area contributed by atoms with E-state index < -0.39 is 18.6 Å². The topological polar surface area (TPSA) is 156 Å². The molecule has 3 N–H and O–H groups in total. The van der Waals surface area contributed by atoms with E-state index in [2.05, 4.69) is 20.2 Å². The van der Waals surface area contributed by atoms with Gasteiger partial charge >= 0.3 is 0 Å². The number of carbonyl (C=O) groups is 2. The number of rotatable bonds is 8. The van der Waals surface area contributed by atoms with E-state index in [1.165, 1.54) is 25.0 Å². The maximum atomic E-state index is 12.9. The van der Waals surface area contributed by atoms with Gasteiger partial charge in [-0.15, -0.1) is 0 Å². The summed E-state index contributed by atoms with van der Waals surface area (Å²) < 4.78 is 1.77. The largest absolute Gasteiger partial charge is 0.394 e. The number of aliphatic hydroxyl groups excluding tert-OH is 2. The second kappa shape index (κ2) is 11.4. The standard InChI is InChI=1S/C28H27N7O4/c29-33-32-28(39)20-5-3-18(4-6-20)26-31-24-15-21(9-12-25(24)35(26)16-23(37)17-36)30-27(38)19-7-10-22(11-8-19)34-13-1-2-14-34/h3-12,15,23,36-37H,1-2,13-14,16-17H2,(H,30,38). The zero-order chi connectivity index (χ0) is 27.4. The number of imidazole rings is 1. The molecule has 2 amide bonds. The summed E-state index contributed by atoms with van der Waals surface area (Å²) in [6.45, 7) is 1.72. The van der Waals surface area contributed by atoms with Crippen molar-refractivity contribution in [3.63, 3.8) is 0 Å². The van der Waals surface area contributed by atoms with Crippen LogP contribution in [0.25, 0.3) is 32.9 Å². The molecule has 0 radical (unpaired) electrons. The molecule has 1 aliphatic rings. The molecule has 1 aliphatic heterocycles. The third-order valence-corrected chi connectivity index (χ3v) is 6.74. The van der Waals surface area contributed by atoms with Gasteiger partial charge in [0, 0.05) is 46.1 Å². The number of aromatic nitrogens is 2. The first-order chi connectivity index (χ1) is 19.0. The lowest BCUT2D eigenvalue weighted by Gasteiger charge is -2.17. The minimum Gasteiger partial charge on any atom is -0.394 e. The Bertz CT molecular complexity index is 1550. The monoisotopic (exact) mass is 525 g/mol. The van der Waals surface area contributed by atoms with Crippen LogP contribution < -0.4 is 10.2 Å². The minimum absolute atomic E-state index is 0.0802. The van der Waals surface area contributed by atoms with Crippen molar-refractivity contribution in [3.8, 4) is 11.4 Å². The Morgan fingerprint density at radius 1 is 1.03 bits per heavy atom. The molecule has 2 heterocycles. The summed E-state index contributed by atoms with van der Waals surface area (Å²) in [5, 5.41) is 25.6. The summed E-state index contributed by atoms with van der Waals surface area (Å²) >= 11 is 0. The van der Waals surface area contributed by atoms with Crippen LogP contribution in [0.2, 0.25) is 0 Å². The number of hydrogen-bond donors (Lipinski definition) is 3. The summed E-state index contributed by atoms with van der Waals surface area (Å²) in [6.07, 6.45) is 1.35. The average Bonchev–Trinajstić information content (AvgIpc) is 3.62. The van der Waals surface area contributed by atoms with Crippen LogP contribution in [-0.2, 0) is 6.54 Å². The number of hydrogen-bond acceptors (Lipinski definition) is 6. The van der Waals surface area contributed by atoms with Gasteiger partial charge in [-0.1, -0.05) is 24.3 Å². The lowest BCUT2D eigenvalue weighted by molar-refractivity contribution is 0.0824. The highest BCUT2D eigenvalue weighted by Crippen LogP contribution is 2.28. The molecule has 1 atom stereocenters. The Kier molecular flexibility index (Phi) is 7.55. The fraction of sp³-hybridized carbons (Fsp3) is 0.250. The van der Waals surface area contributed by atoms with Crippen LogP contribution in [0.5, 0.6) is 0 Å². The van der Waals surface area contributed by atoms with Crippen LogP contribution in [0.3, 0.4) is 0 Å². The van der Waals surface area contributed by atoms with Crippen molar-refractivity contribution in [2.45, 2.75) is 25.5 Å². The number of aliphatic hydroxyl groups is 2. The quantitative estimate of drug-likeness (QED) is 0.176. The van der Waals surface area contributed by atoms with E-state index in [-0.39, 0.29) is 18.0 Å². The number of azide groups is 1. The third-order valence-electron chi connectivity index (χ3n) is 6.74. The zero-order valence-corrected chi connectivity index (χ0v) is 21.1. The number of nitrogens with zero attached hydrogens (tertiary/aromatic N) is 6. The molecule has 1 aromatic heterocycles. The number of carbonyl (C=O) groups excluding carboxylic acids is 2. The molecule has 0 saturated carbocycles. The van der Waals surface area contributed by atoms with Crippen molar-refractivity contribution in [3.05, 3.63) is 88.3 Å². The maximum Gasteiger partial charge on any atom is 0.255 e. The molecule has 1 unspecified atom stereocenters. The summed E-state index contributed by atoms with van der Waals surface area (Å²) in [5.74, 6) is -0.432. The molecular weight excluding hydrogens is 498 g/mol. The zero-order valence-electron chi connectivity index (χ0n) is 21.1. The first-order valence-corrected chi connectivity index (χ1v) is 12.6. The van der Waals surface area contributed by atoms with Crippen LogP contribution in [-0.4, -0.2) is 57.4 Å². The molecule has 5 rings (SSSR count). The smallest absolute Gasteiger partial charge is 0.255 e. The molecule has 11 nitrogen and oxygen atoms in total. The number of fused-ring (bicyclic) bond motifs is 1. The van der Waals surface area contributed by atoms with Crippen LogP contribution in [0.1, 0.15) is 33.6 Å². The summed E-state index contributed by atoms with van der Waals surface area (Å²) in [6, 6.07) is 19.3. The third kappa shape index (κ3) is 5.60. The molecular formula is C28H27N7O4. The SMILES string of the molecule is [N-]=[N+]=NC(=O)c1ccc(-c2nc3cc(NC(=O)c4ccc(N5CCCC5)cc4)ccc3n2CC(O)CO)cc1. The van der Waals surface area contributed by atoms with Crippen molar-refractivity contribution >= 4 is 34.2 Å². The fourth-order valence-electron chi connectivity index (χ4n) is 4.74. The lowest BCUT2D eigenvalue weighted by atomic mass is 10.1. The van der Waals surface area contributed by atoms with Crippen LogP contribution >= 0.6 is 0 Å². The van der Waals surface area contributed by atoms with E-state index >= 15 is 0 Å². The molecule has 0 spiro atoms. The summed E-state index contributed by atoms with van der Waals surface area (Å²) in [7, 11) is 0. The van der Waals surface area contributed by atoms with E-state index in [0.29, 0.717) is 33.7 Å². The lowest BCUT2D eigenvalue weighted by Crippen LogP contribution is -2.20. The highest BCUT2D eigenvalue weighted by atomic mass is 16.3. The van der Waals surface area contributed by atoms with Crippen molar-refractivity contribution in [1.82, 2.24) is 9.55 Å². The molecule has 11 heteroatoms. The van der Waals surface area contributed by atoms with E-state index in [1.807, 2.05) is 24.3 Å². The molecule has 1 fully saturated rings. The van der Waals surface area contributed by atoms with Gasteiger partial charge in [-0.3, -0.25) is 9.59 Å². The highest BCUT2D eigenvalue weighted by molar-refractivity contribution is 6.05. The Morgan fingerprint density at radius 3 is 2.38 bits per heavy atom. The van der Waals surface area contributed by atoms with Crippen molar-refractivity contribution in [2.75, 3.05) is 29.9 Å². The number of benzene rings is 3.